The lowest BCUT2D eigenvalue weighted by atomic mass is 9.77. The topological polar surface area (TPSA) is 81.6 Å². The van der Waals surface area contributed by atoms with E-state index in [0.29, 0.717) is 22.4 Å². The van der Waals surface area contributed by atoms with Gasteiger partial charge in [-0.2, -0.15) is 5.10 Å². The molecule has 0 aromatic carbocycles. The number of halogens is 1. The average molecular weight is 445 g/mol. The molecule has 3 aromatic rings. The second kappa shape index (κ2) is 7.59. The molecular formula is C21H25ClN6OS. The summed E-state index contributed by atoms with van der Waals surface area (Å²) >= 11 is 7.88. The molecule has 2 fully saturated rings. The highest BCUT2D eigenvalue weighted by atomic mass is 35.5. The van der Waals surface area contributed by atoms with Crippen LogP contribution in [0, 0.1) is 12.3 Å². The van der Waals surface area contributed by atoms with Crippen LogP contribution in [0.5, 0.6) is 0 Å². The molecule has 0 radical (unpaired) electrons. The van der Waals surface area contributed by atoms with Gasteiger partial charge in [-0.1, -0.05) is 23.4 Å². The van der Waals surface area contributed by atoms with E-state index in [0.717, 1.165) is 59.5 Å². The van der Waals surface area contributed by atoms with Gasteiger partial charge in [0.05, 0.1) is 29.6 Å². The number of anilines is 2. The lowest BCUT2D eigenvalue weighted by Crippen LogP contribution is -2.41. The van der Waals surface area contributed by atoms with Crippen LogP contribution in [0.25, 0.3) is 5.52 Å². The van der Waals surface area contributed by atoms with E-state index >= 15 is 0 Å². The van der Waals surface area contributed by atoms with E-state index < -0.39 is 0 Å². The predicted octanol–water partition coefficient (Wildman–Crippen LogP) is 4.21. The number of nitrogen functional groups attached to an aromatic ring is 1. The first-order chi connectivity index (χ1) is 14.5. The molecule has 3 aromatic heterocycles. The summed E-state index contributed by atoms with van der Waals surface area (Å²) in [5.74, 6) is 1.32. The van der Waals surface area contributed by atoms with Gasteiger partial charge in [-0.25, -0.2) is 14.5 Å². The molecule has 2 aliphatic rings. The summed E-state index contributed by atoms with van der Waals surface area (Å²) in [4.78, 5) is 12.3. The van der Waals surface area contributed by atoms with Crippen LogP contribution in [-0.4, -0.2) is 45.4 Å². The van der Waals surface area contributed by atoms with Gasteiger partial charge in [-0.3, -0.25) is 0 Å². The quantitative estimate of drug-likeness (QED) is 0.647. The Balaban J connectivity index is 1.45. The summed E-state index contributed by atoms with van der Waals surface area (Å²) in [6, 6.07) is 3.89. The Labute approximate surface area is 185 Å². The van der Waals surface area contributed by atoms with Gasteiger partial charge in [0.1, 0.15) is 16.4 Å². The molecule has 0 amide bonds. The Morgan fingerprint density at radius 3 is 2.80 bits per heavy atom. The molecule has 158 valence electrons. The molecule has 30 heavy (non-hydrogen) atoms. The smallest absolute Gasteiger partial charge is 0.155 e. The van der Waals surface area contributed by atoms with Gasteiger partial charge in [0.2, 0.25) is 0 Å². The SMILES string of the molecule is Cc1nc(N2CCC3(CC2)CO[C@@H](C)C3)c2ccnn2c1Sc1ccnc(N)c1Cl. The summed E-state index contributed by atoms with van der Waals surface area (Å²) in [5.41, 5.74) is 8.14. The number of aromatic nitrogens is 4. The first-order valence-corrected chi connectivity index (χ1v) is 11.4. The number of aryl methyl sites for hydroxylation is 1. The predicted molar refractivity (Wildman–Crippen MR) is 119 cm³/mol. The van der Waals surface area contributed by atoms with Crippen LogP contribution in [0.2, 0.25) is 5.02 Å². The average Bonchev–Trinajstić information content (AvgIpc) is 3.35. The third kappa shape index (κ3) is 3.40. The summed E-state index contributed by atoms with van der Waals surface area (Å²) < 4.78 is 7.84. The Morgan fingerprint density at radius 2 is 2.07 bits per heavy atom. The van der Waals surface area contributed by atoms with E-state index in [1.165, 1.54) is 18.2 Å². The van der Waals surface area contributed by atoms with E-state index in [1.807, 2.05) is 29.8 Å². The molecule has 7 nitrogen and oxygen atoms in total. The van der Waals surface area contributed by atoms with Crippen molar-refractivity contribution in [3.8, 4) is 0 Å². The first-order valence-electron chi connectivity index (χ1n) is 10.2. The van der Waals surface area contributed by atoms with Gasteiger partial charge < -0.3 is 15.4 Å². The van der Waals surface area contributed by atoms with Crippen molar-refractivity contribution in [2.45, 2.75) is 49.1 Å². The zero-order chi connectivity index (χ0) is 20.9. The molecule has 0 saturated carbocycles. The van der Waals surface area contributed by atoms with Crippen molar-refractivity contribution in [2.75, 3.05) is 30.3 Å². The van der Waals surface area contributed by atoms with Crippen LogP contribution in [0.1, 0.15) is 31.9 Å². The fourth-order valence-corrected chi connectivity index (χ4v) is 5.80. The van der Waals surface area contributed by atoms with Crippen molar-refractivity contribution in [2.24, 2.45) is 5.41 Å². The number of hydrogen-bond donors (Lipinski definition) is 1. The van der Waals surface area contributed by atoms with E-state index in [9.17, 15) is 0 Å². The molecule has 9 heteroatoms. The number of hydrogen-bond acceptors (Lipinski definition) is 7. The largest absolute Gasteiger partial charge is 0.382 e. The Bertz CT molecular complexity index is 1090. The molecule has 5 heterocycles. The van der Waals surface area contributed by atoms with Crippen LogP contribution in [0.15, 0.2) is 34.4 Å². The lowest BCUT2D eigenvalue weighted by Gasteiger charge is -2.39. The number of pyridine rings is 1. The molecular weight excluding hydrogens is 420 g/mol. The molecule has 0 aliphatic carbocycles. The molecule has 1 atom stereocenters. The molecule has 2 N–H and O–H groups in total. The second-order valence-electron chi connectivity index (χ2n) is 8.38. The maximum absolute atomic E-state index is 6.37. The molecule has 1 spiro atoms. The number of nitrogens with zero attached hydrogens (tertiary/aromatic N) is 5. The number of fused-ring (bicyclic) bond motifs is 1. The van der Waals surface area contributed by atoms with Crippen LogP contribution in [0.4, 0.5) is 11.6 Å². The van der Waals surface area contributed by atoms with Crippen LogP contribution >= 0.6 is 23.4 Å². The van der Waals surface area contributed by atoms with Gasteiger partial charge in [-0.05, 0) is 50.7 Å². The molecule has 0 bridgehead atoms. The third-order valence-corrected chi connectivity index (χ3v) is 7.98. The summed E-state index contributed by atoms with van der Waals surface area (Å²) in [6.07, 6.45) is 7.31. The lowest BCUT2D eigenvalue weighted by molar-refractivity contribution is 0.0976. The molecule has 2 saturated heterocycles. The highest BCUT2D eigenvalue weighted by Gasteiger charge is 2.41. The minimum Gasteiger partial charge on any atom is -0.382 e. The fraction of sp³-hybridized carbons (Fsp3) is 0.476. The first kappa shape index (κ1) is 19.9. The zero-order valence-electron chi connectivity index (χ0n) is 17.1. The van der Waals surface area contributed by atoms with Crippen molar-refractivity contribution < 1.29 is 4.74 Å². The van der Waals surface area contributed by atoms with Gasteiger partial charge in [0, 0.05) is 24.2 Å². The number of piperidine rings is 1. The maximum Gasteiger partial charge on any atom is 0.155 e. The van der Waals surface area contributed by atoms with E-state index in [-0.39, 0.29) is 0 Å². The second-order valence-corrected chi connectivity index (χ2v) is 9.79. The Kier molecular flexibility index (Phi) is 5.03. The van der Waals surface area contributed by atoms with Crippen molar-refractivity contribution in [3.05, 3.63) is 35.2 Å². The standard InChI is InChI=1S/C21H25ClN6OS/c1-13-11-21(12-29-13)5-9-27(10-6-21)19-15-3-8-25-28(15)20(14(2)26-19)30-16-4-7-24-18(23)17(16)22/h3-4,7-8,13H,5-6,9-12H2,1-2H3,(H2,23,24)/t13-/m0/s1. The minimum absolute atomic E-state index is 0.327. The zero-order valence-corrected chi connectivity index (χ0v) is 18.7. The molecule has 5 rings (SSSR count). The van der Waals surface area contributed by atoms with Crippen molar-refractivity contribution in [1.82, 2.24) is 19.6 Å². The number of ether oxygens (including phenoxy) is 1. The van der Waals surface area contributed by atoms with Crippen molar-refractivity contribution in [3.63, 3.8) is 0 Å². The Hall–Kier alpha value is -2.03. The van der Waals surface area contributed by atoms with Gasteiger partial charge in [-0.15, -0.1) is 0 Å². The van der Waals surface area contributed by atoms with Gasteiger partial charge in [0.15, 0.2) is 5.82 Å². The maximum atomic E-state index is 6.37. The number of rotatable bonds is 3. The highest BCUT2D eigenvalue weighted by Crippen LogP contribution is 2.43. The third-order valence-electron chi connectivity index (χ3n) is 6.25. The van der Waals surface area contributed by atoms with Crippen LogP contribution < -0.4 is 10.6 Å². The van der Waals surface area contributed by atoms with E-state index in [2.05, 4.69) is 21.9 Å². The van der Waals surface area contributed by atoms with Gasteiger partial charge >= 0.3 is 0 Å². The van der Waals surface area contributed by atoms with Crippen molar-refractivity contribution in [1.29, 1.82) is 0 Å². The van der Waals surface area contributed by atoms with Gasteiger partial charge in [0.25, 0.3) is 0 Å². The summed E-state index contributed by atoms with van der Waals surface area (Å²) in [7, 11) is 0. The monoisotopic (exact) mass is 444 g/mol. The summed E-state index contributed by atoms with van der Waals surface area (Å²) in [5, 5.41) is 5.97. The Morgan fingerprint density at radius 1 is 1.27 bits per heavy atom. The van der Waals surface area contributed by atoms with E-state index in [1.54, 1.807) is 6.20 Å². The van der Waals surface area contributed by atoms with E-state index in [4.69, 9.17) is 27.1 Å². The molecule has 2 aliphatic heterocycles. The molecule has 0 unspecified atom stereocenters. The van der Waals surface area contributed by atoms with Crippen molar-refractivity contribution >= 4 is 40.5 Å². The summed E-state index contributed by atoms with van der Waals surface area (Å²) in [6.45, 7) is 7.07. The fourth-order valence-electron chi connectivity index (χ4n) is 4.61. The van der Waals surface area contributed by atoms with Crippen LogP contribution in [0.3, 0.4) is 0 Å². The highest BCUT2D eigenvalue weighted by molar-refractivity contribution is 7.99. The number of nitrogens with two attached hydrogens (primary N) is 1. The van der Waals surface area contributed by atoms with Crippen LogP contribution in [-0.2, 0) is 4.74 Å². The normalized spacial score (nSPS) is 21.0. The minimum atomic E-state index is 0.327.